The zero-order valence-corrected chi connectivity index (χ0v) is 15.7. The Morgan fingerprint density at radius 3 is 2.96 bits per heavy atom. The first-order valence-corrected chi connectivity index (χ1v) is 9.48. The minimum Gasteiger partial charge on any atom is -0.490 e. The first-order valence-electron chi connectivity index (χ1n) is 8.60. The number of rotatable bonds is 8. The summed E-state index contributed by atoms with van der Waals surface area (Å²) < 4.78 is 19.9. The average molecular weight is 375 g/mol. The fourth-order valence-corrected chi connectivity index (χ4v) is 3.50. The number of thiazole rings is 1. The average Bonchev–Trinajstić information content (AvgIpc) is 3.21. The van der Waals surface area contributed by atoms with E-state index >= 15 is 0 Å². The number of carbonyl (C=O) groups is 1. The smallest absolute Gasteiger partial charge is 0.219 e. The second-order valence-corrected chi connectivity index (χ2v) is 7.19. The predicted octanol–water partition coefficient (Wildman–Crippen LogP) is 3.76. The van der Waals surface area contributed by atoms with Crippen molar-refractivity contribution in [2.75, 3.05) is 13.7 Å². The highest BCUT2D eigenvalue weighted by Crippen LogP contribution is 2.28. The van der Waals surface area contributed by atoms with Crippen molar-refractivity contribution in [3.05, 3.63) is 45.8 Å². The summed E-state index contributed by atoms with van der Waals surface area (Å²) >= 11 is 1.60. The van der Waals surface area contributed by atoms with Crippen LogP contribution in [0.4, 0.5) is 4.39 Å². The van der Waals surface area contributed by atoms with E-state index in [1.165, 1.54) is 6.07 Å². The van der Waals surface area contributed by atoms with Crippen LogP contribution in [-0.2, 0) is 17.6 Å². The van der Waals surface area contributed by atoms with Gasteiger partial charge in [0, 0.05) is 48.4 Å². The number of nitrogens with zero attached hydrogens (tertiary/aromatic N) is 1. The van der Waals surface area contributed by atoms with E-state index in [4.69, 9.17) is 4.74 Å². The van der Waals surface area contributed by atoms with Gasteiger partial charge in [-0.05, 0) is 31.4 Å². The largest absolute Gasteiger partial charge is 0.490 e. The number of aromatic amines is 1. The SMILES string of the molecule is CNC(=O)CCCc1c[nH]c2cc(F)c(OCCc3csc(C)n3)cc12. The van der Waals surface area contributed by atoms with Crippen LogP contribution in [0.15, 0.2) is 23.7 Å². The summed E-state index contributed by atoms with van der Waals surface area (Å²) in [6.45, 7) is 2.34. The van der Waals surface area contributed by atoms with Gasteiger partial charge in [0.25, 0.3) is 0 Å². The Balaban J connectivity index is 1.66. The summed E-state index contributed by atoms with van der Waals surface area (Å²) in [5.74, 6) is -0.112. The van der Waals surface area contributed by atoms with Crippen LogP contribution < -0.4 is 10.1 Å². The fraction of sp³-hybridized carbons (Fsp3) is 0.368. The van der Waals surface area contributed by atoms with Gasteiger partial charge in [0.05, 0.1) is 17.3 Å². The normalized spacial score (nSPS) is 11.0. The van der Waals surface area contributed by atoms with Crippen molar-refractivity contribution in [1.29, 1.82) is 0 Å². The molecule has 0 spiro atoms. The van der Waals surface area contributed by atoms with Gasteiger partial charge < -0.3 is 15.0 Å². The second kappa shape index (κ2) is 8.31. The molecule has 0 fully saturated rings. The summed E-state index contributed by atoms with van der Waals surface area (Å²) in [5.41, 5.74) is 2.76. The molecule has 138 valence electrons. The molecule has 0 aliphatic heterocycles. The molecule has 0 bridgehead atoms. The van der Waals surface area contributed by atoms with E-state index in [0.29, 0.717) is 19.4 Å². The van der Waals surface area contributed by atoms with Crippen LogP contribution >= 0.6 is 11.3 Å². The highest BCUT2D eigenvalue weighted by atomic mass is 32.1. The molecular formula is C19H22FN3O2S. The van der Waals surface area contributed by atoms with Crippen LogP contribution in [0.25, 0.3) is 10.9 Å². The molecule has 5 nitrogen and oxygen atoms in total. The summed E-state index contributed by atoms with van der Waals surface area (Å²) in [6, 6.07) is 3.20. The van der Waals surface area contributed by atoms with Crippen molar-refractivity contribution in [1.82, 2.24) is 15.3 Å². The summed E-state index contributed by atoms with van der Waals surface area (Å²) in [4.78, 5) is 18.8. The topological polar surface area (TPSA) is 67.0 Å². The van der Waals surface area contributed by atoms with Crippen molar-refractivity contribution in [3.63, 3.8) is 0 Å². The zero-order valence-electron chi connectivity index (χ0n) is 14.9. The first kappa shape index (κ1) is 18.4. The molecule has 0 aliphatic rings. The van der Waals surface area contributed by atoms with Crippen molar-refractivity contribution < 1.29 is 13.9 Å². The van der Waals surface area contributed by atoms with Crippen LogP contribution in [0.1, 0.15) is 29.1 Å². The molecule has 0 atom stereocenters. The number of fused-ring (bicyclic) bond motifs is 1. The Hall–Kier alpha value is -2.41. The monoisotopic (exact) mass is 375 g/mol. The van der Waals surface area contributed by atoms with Crippen molar-refractivity contribution >= 4 is 28.1 Å². The van der Waals surface area contributed by atoms with Gasteiger partial charge in [-0.15, -0.1) is 11.3 Å². The highest BCUT2D eigenvalue weighted by Gasteiger charge is 2.11. The Morgan fingerprint density at radius 2 is 2.23 bits per heavy atom. The number of benzene rings is 1. The maximum atomic E-state index is 14.3. The third-order valence-corrected chi connectivity index (χ3v) is 5.05. The van der Waals surface area contributed by atoms with Gasteiger partial charge in [-0.2, -0.15) is 0 Å². The third kappa shape index (κ3) is 4.40. The number of aromatic nitrogens is 2. The van der Waals surface area contributed by atoms with Gasteiger partial charge in [-0.3, -0.25) is 4.79 Å². The lowest BCUT2D eigenvalue weighted by Crippen LogP contribution is -2.17. The van der Waals surface area contributed by atoms with Crippen LogP contribution in [-0.4, -0.2) is 29.5 Å². The van der Waals surface area contributed by atoms with Gasteiger partial charge in [0.15, 0.2) is 11.6 Å². The number of H-pyrrole nitrogens is 1. The number of nitrogens with one attached hydrogen (secondary N) is 2. The summed E-state index contributed by atoms with van der Waals surface area (Å²) in [5, 5.41) is 6.56. The number of hydrogen-bond donors (Lipinski definition) is 2. The molecule has 3 aromatic rings. The Kier molecular flexibility index (Phi) is 5.88. The molecule has 2 aromatic heterocycles. The quantitative estimate of drug-likeness (QED) is 0.630. The molecule has 0 saturated heterocycles. The third-order valence-electron chi connectivity index (χ3n) is 4.23. The standard InChI is InChI=1S/C19H22FN3O2S/c1-12-23-14(11-26-12)6-7-25-18-8-15-13(4-3-5-19(24)21-2)10-22-17(15)9-16(18)20/h8-11,22H,3-7H2,1-2H3,(H,21,24). The number of aryl methyl sites for hydroxylation is 2. The molecule has 2 N–H and O–H groups in total. The molecular weight excluding hydrogens is 353 g/mol. The molecule has 26 heavy (non-hydrogen) atoms. The van der Waals surface area contributed by atoms with E-state index < -0.39 is 0 Å². The maximum absolute atomic E-state index is 14.3. The number of ether oxygens (including phenoxy) is 1. The highest BCUT2D eigenvalue weighted by molar-refractivity contribution is 7.09. The number of amides is 1. The van der Waals surface area contributed by atoms with Crippen LogP contribution in [0.3, 0.4) is 0 Å². The molecule has 0 unspecified atom stereocenters. The second-order valence-electron chi connectivity index (χ2n) is 6.13. The molecule has 0 radical (unpaired) electrons. The first-order chi connectivity index (χ1) is 12.6. The van der Waals surface area contributed by atoms with E-state index in [-0.39, 0.29) is 17.5 Å². The molecule has 1 amide bonds. The summed E-state index contributed by atoms with van der Waals surface area (Å²) in [7, 11) is 1.63. The maximum Gasteiger partial charge on any atom is 0.219 e. The van der Waals surface area contributed by atoms with E-state index in [1.54, 1.807) is 24.5 Å². The minimum absolute atomic E-state index is 0.0252. The van der Waals surface area contributed by atoms with Crippen molar-refractivity contribution in [2.24, 2.45) is 0 Å². The van der Waals surface area contributed by atoms with Crippen LogP contribution in [0.5, 0.6) is 5.75 Å². The van der Waals surface area contributed by atoms with Gasteiger partial charge in [-0.25, -0.2) is 9.37 Å². The zero-order chi connectivity index (χ0) is 18.5. The van der Waals surface area contributed by atoms with Crippen LogP contribution in [0.2, 0.25) is 0 Å². The van der Waals surface area contributed by atoms with Gasteiger partial charge in [-0.1, -0.05) is 0 Å². The van der Waals surface area contributed by atoms with Gasteiger partial charge >= 0.3 is 0 Å². The van der Waals surface area contributed by atoms with Crippen molar-refractivity contribution in [3.8, 4) is 5.75 Å². The Morgan fingerprint density at radius 1 is 1.38 bits per heavy atom. The van der Waals surface area contributed by atoms with Crippen molar-refractivity contribution in [2.45, 2.75) is 32.6 Å². The number of carbonyl (C=O) groups excluding carboxylic acids is 1. The molecule has 0 aliphatic carbocycles. The Bertz CT molecular complexity index is 903. The lowest BCUT2D eigenvalue weighted by molar-refractivity contribution is -0.120. The lowest BCUT2D eigenvalue weighted by Gasteiger charge is -2.08. The van der Waals surface area contributed by atoms with Gasteiger partial charge in [0.2, 0.25) is 5.91 Å². The van der Waals surface area contributed by atoms with Gasteiger partial charge in [0.1, 0.15) is 0 Å². The molecule has 3 rings (SSSR count). The number of hydrogen-bond acceptors (Lipinski definition) is 4. The molecule has 2 heterocycles. The van der Waals surface area contributed by atoms with E-state index in [9.17, 15) is 9.18 Å². The number of halogens is 1. The Labute approximate surface area is 155 Å². The predicted molar refractivity (Wildman–Crippen MR) is 101 cm³/mol. The lowest BCUT2D eigenvalue weighted by atomic mass is 10.1. The van der Waals surface area contributed by atoms with E-state index in [2.05, 4.69) is 15.3 Å². The molecule has 1 aromatic carbocycles. The van der Waals surface area contributed by atoms with E-state index in [1.807, 2.05) is 18.5 Å². The minimum atomic E-state index is -0.384. The van der Waals surface area contributed by atoms with E-state index in [0.717, 1.165) is 40.0 Å². The molecule has 0 saturated carbocycles. The van der Waals surface area contributed by atoms with Crippen LogP contribution in [0, 0.1) is 12.7 Å². The molecule has 7 heteroatoms. The fourth-order valence-electron chi connectivity index (χ4n) is 2.85. The summed E-state index contributed by atoms with van der Waals surface area (Å²) in [6.07, 6.45) is 4.48.